The molecule has 1 aliphatic heterocycles. The summed E-state index contributed by atoms with van der Waals surface area (Å²) in [5.74, 6) is 0.00480. The summed E-state index contributed by atoms with van der Waals surface area (Å²) in [5, 5.41) is 5.25. The lowest BCUT2D eigenvalue weighted by molar-refractivity contribution is 0.0991. The minimum absolute atomic E-state index is 0.00480. The summed E-state index contributed by atoms with van der Waals surface area (Å²) in [6.07, 6.45) is 2.64. The molecule has 5 nitrogen and oxygen atoms in total. The molecule has 138 valence electrons. The SMILES string of the molecule is CCn1ncc2c(C(=O)N3CCc4ccccc43)cc(-c3ccccc3)nc21. The van der Waals surface area contributed by atoms with E-state index in [1.54, 1.807) is 6.20 Å². The van der Waals surface area contributed by atoms with E-state index >= 15 is 0 Å². The monoisotopic (exact) mass is 368 g/mol. The van der Waals surface area contributed by atoms with E-state index in [0.717, 1.165) is 34.4 Å². The molecule has 0 radical (unpaired) electrons. The first-order valence-corrected chi connectivity index (χ1v) is 9.58. The van der Waals surface area contributed by atoms with E-state index < -0.39 is 0 Å². The lowest BCUT2D eigenvalue weighted by Crippen LogP contribution is -2.29. The lowest BCUT2D eigenvalue weighted by atomic mass is 10.1. The molecule has 5 heteroatoms. The van der Waals surface area contributed by atoms with Gasteiger partial charge in [0.15, 0.2) is 5.65 Å². The van der Waals surface area contributed by atoms with E-state index in [1.807, 2.05) is 71.1 Å². The first-order chi connectivity index (χ1) is 13.8. The van der Waals surface area contributed by atoms with E-state index in [9.17, 15) is 4.79 Å². The van der Waals surface area contributed by atoms with E-state index in [4.69, 9.17) is 4.98 Å². The molecule has 2 aromatic carbocycles. The Morgan fingerprint density at radius 3 is 2.68 bits per heavy atom. The summed E-state index contributed by atoms with van der Waals surface area (Å²) in [7, 11) is 0. The molecule has 0 spiro atoms. The topological polar surface area (TPSA) is 51.0 Å². The van der Waals surface area contributed by atoms with Gasteiger partial charge < -0.3 is 4.90 Å². The number of benzene rings is 2. The second-order valence-corrected chi connectivity index (χ2v) is 6.95. The largest absolute Gasteiger partial charge is 0.308 e. The molecule has 4 aromatic rings. The third kappa shape index (κ3) is 2.59. The van der Waals surface area contributed by atoms with Crippen molar-refractivity contribution in [2.45, 2.75) is 19.9 Å². The molecule has 1 aliphatic rings. The Hall–Kier alpha value is -3.47. The standard InChI is InChI=1S/C23H20N4O/c1-2-27-22-19(15-24-27)18(14-20(25-22)16-8-4-3-5-9-16)23(28)26-13-12-17-10-6-7-11-21(17)26/h3-11,14-15H,2,12-13H2,1H3. The first-order valence-electron chi connectivity index (χ1n) is 9.58. The van der Waals surface area contributed by atoms with Gasteiger partial charge in [0, 0.05) is 24.3 Å². The summed E-state index contributed by atoms with van der Waals surface area (Å²) in [5.41, 5.74) is 5.40. The summed E-state index contributed by atoms with van der Waals surface area (Å²) in [6.45, 7) is 3.43. The lowest BCUT2D eigenvalue weighted by Gasteiger charge is -2.18. The van der Waals surface area contributed by atoms with Crippen molar-refractivity contribution < 1.29 is 4.79 Å². The van der Waals surface area contributed by atoms with Crippen LogP contribution in [0.5, 0.6) is 0 Å². The number of rotatable bonds is 3. The van der Waals surface area contributed by atoms with E-state index in [-0.39, 0.29) is 5.91 Å². The van der Waals surface area contributed by atoms with Crippen molar-refractivity contribution in [3.63, 3.8) is 0 Å². The molecule has 3 heterocycles. The third-order valence-electron chi connectivity index (χ3n) is 5.34. The van der Waals surface area contributed by atoms with Crippen LogP contribution in [0.1, 0.15) is 22.8 Å². The fourth-order valence-corrected chi connectivity index (χ4v) is 3.91. The highest BCUT2D eigenvalue weighted by atomic mass is 16.2. The summed E-state index contributed by atoms with van der Waals surface area (Å²) >= 11 is 0. The van der Waals surface area contributed by atoms with Gasteiger partial charge in [0.25, 0.3) is 5.91 Å². The Balaban J connectivity index is 1.68. The predicted molar refractivity (Wildman–Crippen MR) is 110 cm³/mol. The normalized spacial score (nSPS) is 13.1. The number of pyridine rings is 1. The second-order valence-electron chi connectivity index (χ2n) is 6.95. The van der Waals surface area contributed by atoms with Crippen LogP contribution in [0.25, 0.3) is 22.3 Å². The number of amides is 1. The van der Waals surface area contributed by atoms with Gasteiger partial charge in [-0.1, -0.05) is 48.5 Å². The number of carbonyl (C=O) groups is 1. The van der Waals surface area contributed by atoms with E-state index in [0.29, 0.717) is 18.7 Å². The Labute approximate surface area is 163 Å². The van der Waals surface area contributed by atoms with Crippen LogP contribution >= 0.6 is 0 Å². The van der Waals surface area contributed by atoms with Crippen molar-refractivity contribution in [1.82, 2.24) is 14.8 Å². The number of anilines is 1. The van der Waals surface area contributed by atoms with Crippen molar-refractivity contribution in [2.75, 3.05) is 11.4 Å². The van der Waals surface area contributed by atoms with Crippen LogP contribution in [-0.2, 0) is 13.0 Å². The Morgan fingerprint density at radius 2 is 1.86 bits per heavy atom. The number of nitrogens with zero attached hydrogens (tertiary/aromatic N) is 4. The van der Waals surface area contributed by atoms with Crippen molar-refractivity contribution in [3.05, 3.63) is 78.0 Å². The quantitative estimate of drug-likeness (QED) is 0.541. The fraction of sp³-hybridized carbons (Fsp3) is 0.174. The molecule has 0 bridgehead atoms. The number of aromatic nitrogens is 3. The third-order valence-corrected chi connectivity index (χ3v) is 5.34. The number of hydrogen-bond acceptors (Lipinski definition) is 3. The van der Waals surface area contributed by atoms with Crippen LogP contribution < -0.4 is 4.90 Å². The molecule has 0 fully saturated rings. The Morgan fingerprint density at radius 1 is 1.07 bits per heavy atom. The summed E-state index contributed by atoms with van der Waals surface area (Å²) in [6, 6.07) is 20.0. The molecule has 0 atom stereocenters. The van der Waals surface area contributed by atoms with Crippen molar-refractivity contribution in [2.24, 2.45) is 0 Å². The number of aryl methyl sites for hydroxylation is 1. The summed E-state index contributed by atoms with van der Waals surface area (Å²) in [4.78, 5) is 20.3. The Bertz CT molecular complexity index is 1180. The number of hydrogen-bond donors (Lipinski definition) is 0. The minimum Gasteiger partial charge on any atom is -0.308 e. The molecule has 0 N–H and O–H groups in total. The maximum absolute atomic E-state index is 13.6. The molecular formula is C23H20N4O. The van der Waals surface area contributed by atoms with E-state index in [2.05, 4.69) is 11.2 Å². The first kappa shape index (κ1) is 16.7. The van der Waals surface area contributed by atoms with Gasteiger partial charge in [0.2, 0.25) is 0 Å². The maximum Gasteiger partial charge on any atom is 0.259 e. The van der Waals surface area contributed by atoms with Crippen LogP contribution in [0.15, 0.2) is 66.9 Å². The molecule has 28 heavy (non-hydrogen) atoms. The van der Waals surface area contributed by atoms with Gasteiger partial charge in [-0.15, -0.1) is 0 Å². The second kappa shape index (κ2) is 6.60. The van der Waals surface area contributed by atoms with Crippen molar-refractivity contribution in [3.8, 4) is 11.3 Å². The number of carbonyl (C=O) groups excluding carboxylic acids is 1. The fourth-order valence-electron chi connectivity index (χ4n) is 3.91. The number of fused-ring (bicyclic) bond motifs is 2. The minimum atomic E-state index is 0.00480. The molecule has 5 rings (SSSR count). The van der Waals surface area contributed by atoms with Gasteiger partial charge in [0.1, 0.15) is 0 Å². The van der Waals surface area contributed by atoms with Crippen molar-refractivity contribution >= 4 is 22.6 Å². The zero-order valence-corrected chi connectivity index (χ0v) is 15.7. The van der Waals surface area contributed by atoms with Crippen LogP contribution in [0, 0.1) is 0 Å². The highest BCUT2D eigenvalue weighted by Gasteiger charge is 2.27. The Kier molecular flexibility index (Phi) is 3.93. The van der Waals surface area contributed by atoms with E-state index in [1.165, 1.54) is 5.56 Å². The average molecular weight is 368 g/mol. The maximum atomic E-state index is 13.6. The van der Waals surface area contributed by atoms with Crippen LogP contribution in [-0.4, -0.2) is 27.2 Å². The smallest absolute Gasteiger partial charge is 0.259 e. The van der Waals surface area contributed by atoms with Gasteiger partial charge in [-0.05, 0) is 31.0 Å². The van der Waals surface area contributed by atoms with Gasteiger partial charge in [0.05, 0.1) is 22.8 Å². The number of para-hydroxylation sites is 1. The van der Waals surface area contributed by atoms with Crippen LogP contribution in [0.4, 0.5) is 5.69 Å². The van der Waals surface area contributed by atoms with Crippen LogP contribution in [0.2, 0.25) is 0 Å². The molecule has 0 aliphatic carbocycles. The van der Waals surface area contributed by atoms with Crippen molar-refractivity contribution in [1.29, 1.82) is 0 Å². The molecule has 0 saturated carbocycles. The highest BCUT2D eigenvalue weighted by Crippen LogP contribution is 2.32. The van der Waals surface area contributed by atoms with Gasteiger partial charge in [-0.3, -0.25) is 4.79 Å². The van der Waals surface area contributed by atoms with Gasteiger partial charge >= 0.3 is 0 Å². The van der Waals surface area contributed by atoms with Gasteiger partial charge in [-0.25, -0.2) is 9.67 Å². The van der Waals surface area contributed by atoms with Gasteiger partial charge in [-0.2, -0.15) is 5.10 Å². The molecular weight excluding hydrogens is 348 g/mol. The predicted octanol–water partition coefficient (Wildman–Crippen LogP) is 4.32. The zero-order valence-electron chi connectivity index (χ0n) is 15.7. The molecule has 0 saturated heterocycles. The highest BCUT2D eigenvalue weighted by molar-refractivity contribution is 6.14. The van der Waals surface area contributed by atoms with Crippen LogP contribution in [0.3, 0.4) is 0 Å². The molecule has 0 unspecified atom stereocenters. The molecule has 1 amide bonds. The molecule has 2 aromatic heterocycles. The average Bonchev–Trinajstić information content (AvgIpc) is 3.37. The summed E-state index contributed by atoms with van der Waals surface area (Å²) < 4.78 is 1.84. The zero-order chi connectivity index (χ0) is 19.1.